The topological polar surface area (TPSA) is 43.4 Å². The molecule has 0 spiro atoms. The smallest absolute Gasteiger partial charge is 0.175 e. The molecule has 5 heteroatoms. The lowest BCUT2D eigenvalue weighted by molar-refractivity contribution is 0.102. The van der Waals surface area contributed by atoms with Gasteiger partial charge in [0, 0.05) is 22.1 Å². The van der Waals surface area contributed by atoms with Crippen molar-refractivity contribution in [2.75, 3.05) is 18.6 Å². The van der Waals surface area contributed by atoms with E-state index < -0.39 is 10.8 Å². The SMILES string of the molecule is COc1ccc(C(=O)CS(=O)CCC(C)C)cc1Cl. The summed E-state index contributed by atoms with van der Waals surface area (Å²) in [4.78, 5) is 12.0. The summed E-state index contributed by atoms with van der Waals surface area (Å²) in [6, 6.07) is 4.85. The first-order valence-corrected chi connectivity index (χ1v) is 8.02. The monoisotopic (exact) mass is 302 g/mol. The van der Waals surface area contributed by atoms with Crippen molar-refractivity contribution in [1.29, 1.82) is 0 Å². The van der Waals surface area contributed by atoms with E-state index in [-0.39, 0.29) is 11.5 Å². The van der Waals surface area contributed by atoms with Crippen molar-refractivity contribution < 1.29 is 13.7 Å². The van der Waals surface area contributed by atoms with Crippen molar-refractivity contribution in [1.82, 2.24) is 0 Å². The molecule has 0 N–H and O–H groups in total. The molecule has 0 bridgehead atoms. The fourth-order valence-electron chi connectivity index (χ4n) is 1.51. The van der Waals surface area contributed by atoms with E-state index in [4.69, 9.17) is 16.3 Å². The molecule has 0 fully saturated rings. The molecule has 0 aliphatic rings. The molecule has 19 heavy (non-hydrogen) atoms. The van der Waals surface area contributed by atoms with Crippen molar-refractivity contribution in [3.8, 4) is 5.75 Å². The number of rotatable bonds is 7. The van der Waals surface area contributed by atoms with E-state index in [1.165, 1.54) is 7.11 Å². The molecule has 0 amide bonds. The summed E-state index contributed by atoms with van der Waals surface area (Å²) in [7, 11) is 0.409. The van der Waals surface area contributed by atoms with Crippen molar-refractivity contribution in [3.63, 3.8) is 0 Å². The molecular formula is C14H19ClO3S. The van der Waals surface area contributed by atoms with E-state index in [2.05, 4.69) is 13.8 Å². The van der Waals surface area contributed by atoms with E-state index in [9.17, 15) is 9.00 Å². The second-order valence-corrected chi connectivity index (χ2v) is 6.73. The quantitative estimate of drug-likeness (QED) is 0.726. The number of ketones is 1. The normalized spacial score (nSPS) is 12.5. The zero-order valence-electron chi connectivity index (χ0n) is 11.4. The molecule has 1 aromatic rings. The Labute approximate surface area is 121 Å². The van der Waals surface area contributed by atoms with Crippen LogP contribution in [0.1, 0.15) is 30.6 Å². The van der Waals surface area contributed by atoms with Crippen LogP contribution in [0.15, 0.2) is 18.2 Å². The van der Waals surface area contributed by atoms with Gasteiger partial charge in [0.15, 0.2) is 5.78 Å². The Morgan fingerprint density at radius 1 is 1.42 bits per heavy atom. The molecule has 3 nitrogen and oxygen atoms in total. The Bertz CT molecular complexity index is 472. The molecule has 1 unspecified atom stereocenters. The molecule has 1 atom stereocenters. The highest BCUT2D eigenvalue weighted by Crippen LogP contribution is 2.25. The van der Waals surface area contributed by atoms with Crippen LogP contribution in [0.5, 0.6) is 5.75 Å². The van der Waals surface area contributed by atoms with E-state index >= 15 is 0 Å². The third-order valence-electron chi connectivity index (χ3n) is 2.69. The zero-order valence-corrected chi connectivity index (χ0v) is 13.0. The zero-order chi connectivity index (χ0) is 14.4. The molecule has 0 aliphatic heterocycles. The first-order valence-electron chi connectivity index (χ1n) is 6.15. The second-order valence-electron chi connectivity index (χ2n) is 4.74. The molecule has 0 radical (unpaired) electrons. The van der Waals surface area contributed by atoms with Gasteiger partial charge in [-0.15, -0.1) is 0 Å². The van der Waals surface area contributed by atoms with Gasteiger partial charge in [-0.1, -0.05) is 25.4 Å². The third-order valence-corrected chi connectivity index (χ3v) is 4.26. The van der Waals surface area contributed by atoms with Crippen molar-refractivity contribution >= 4 is 28.2 Å². The van der Waals surface area contributed by atoms with Gasteiger partial charge < -0.3 is 4.74 Å². The summed E-state index contributed by atoms with van der Waals surface area (Å²) in [6.07, 6.45) is 0.864. The van der Waals surface area contributed by atoms with E-state index in [0.29, 0.717) is 28.0 Å². The standard InChI is InChI=1S/C14H19ClO3S/c1-10(2)6-7-19(17)9-13(16)11-4-5-14(18-3)12(15)8-11/h4-5,8,10H,6-7,9H2,1-3H3. The van der Waals surface area contributed by atoms with Gasteiger partial charge in [-0.2, -0.15) is 0 Å². The van der Waals surface area contributed by atoms with Crippen LogP contribution in [0.2, 0.25) is 5.02 Å². The van der Waals surface area contributed by atoms with Gasteiger partial charge in [0.1, 0.15) is 5.75 Å². The predicted octanol–water partition coefficient (Wildman–Crippen LogP) is 3.33. The summed E-state index contributed by atoms with van der Waals surface area (Å²) < 4.78 is 16.8. The van der Waals surface area contributed by atoms with Crippen LogP contribution in [0.25, 0.3) is 0 Å². The molecule has 0 aliphatic carbocycles. The van der Waals surface area contributed by atoms with Gasteiger partial charge in [0.05, 0.1) is 17.9 Å². The summed E-state index contributed by atoms with van der Waals surface area (Å²) in [6.45, 7) is 4.14. The number of hydrogen-bond donors (Lipinski definition) is 0. The second kappa shape index (κ2) is 7.65. The highest BCUT2D eigenvalue weighted by molar-refractivity contribution is 7.85. The lowest BCUT2D eigenvalue weighted by Gasteiger charge is -2.06. The molecule has 0 aromatic heterocycles. The minimum absolute atomic E-state index is 0.0510. The maximum Gasteiger partial charge on any atom is 0.175 e. The van der Waals surface area contributed by atoms with Crippen LogP contribution in [-0.2, 0) is 10.8 Å². The fraction of sp³-hybridized carbons (Fsp3) is 0.500. The average molecular weight is 303 g/mol. The molecule has 1 aromatic carbocycles. The van der Waals surface area contributed by atoms with Crippen molar-refractivity contribution in [2.24, 2.45) is 5.92 Å². The lowest BCUT2D eigenvalue weighted by atomic mass is 10.1. The highest BCUT2D eigenvalue weighted by Gasteiger charge is 2.13. The summed E-state index contributed by atoms with van der Waals surface area (Å²) >= 11 is 5.96. The maximum atomic E-state index is 12.0. The van der Waals surface area contributed by atoms with Crippen LogP contribution in [0.3, 0.4) is 0 Å². The molecule has 0 heterocycles. The maximum absolute atomic E-state index is 12.0. The van der Waals surface area contributed by atoms with Crippen LogP contribution in [0, 0.1) is 5.92 Å². The molecule has 0 saturated heterocycles. The Morgan fingerprint density at radius 2 is 2.11 bits per heavy atom. The summed E-state index contributed by atoms with van der Waals surface area (Å²) in [5, 5.41) is 0.390. The molecular weight excluding hydrogens is 284 g/mol. The Hall–Kier alpha value is -0.870. The van der Waals surface area contributed by atoms with Crippen molar-refractivity contribution in [3.05, 3.63) is 28.8 Å². The van der Waals surface area contributed by atoms with Gasteiger partial charge in [0.25, 0.3) is 0 Å². The number of carbonyl (C=O) groups is 1. The lowest BCUT2D eigenvalue weighted by Crippen LogP contribution is -2.14. The molecule has 106 valence electrons. The average Bonchev–Trinajstić information content (AvgIpc) is 2.36. The van der Waals surface area contributed by atoms with Gasteiger partial charge in [-0.05, 0) is 30.5 Å². The number of benzene rings is 1. The Kier molecular flexibility index (Phi) is 6.52. The summed E-state index contributed by atoms with van der Waals surface area (Å²) in [5.74, 6) is 1.49. The predicted molar refractivity (Wildman–Crippen MR) is 79.7 cm³/mol. The minimum Gasteiger partial charge on any atom is -0.495 e. The number of methoxy groups -OCH3 is 1. The van der Waals surface area contributed by atoms with Gasteiger partial charge in [-0.3, -0.25) is 9.00 Å². The van der Waals surface area contributed by atoms with Crippen LogP contribution in [-0.4, -0.2) is 28.6 Å². The van der Waals surface area contributed by atoms with Gasteiger partial charge in [0.2, 0.25) is 0 Å². The Morgan fingerprint density at radius 3 is 2.63 bits per heavy atom. The largest absolute Gasteiger partial charge is 0.495 e. The number of halogens is 1. The number of Topliss-reactive ketones (excluding diaryl/α,β-unsaturated/α-hetero) is 1. The molecule has 0 saturated carbocycles. The first-order chi connectivity index (χ1) is 8.93. The summed E-state index contributed by atoms with van der Waals surface area (Å²) in [5.41, 5.74) is 0.476. The van der Waals surface area contributed by atoms with Crippen LogP contribution < -0.4 is 4.74 Å². The van der Waals surface area contributed by atoms with E-state index in [1.54, 1.807) is 18.2 Å². The third kappa shape index (κ3) is 5.33. The first kappa shape index (κ1) is 16.2. The minimum atomic E-state index is -1.11. The van der Waals surface area contributed by atoms with Crippen LogP contribution >= 0.6 is 11.6 Å². The van der Waals surface area contributed by atoms with E-state index in [0.717, 1.165) is 6.42 Å². The molecule has 1 rings (SSSR count). The number of hydrogen-bond acceptors (Lipinski definition) is 3. The number of carbonyl (C=O) groups excluding carboxylic acids is 1. The number of ether oxygens (including phenoxy) is 1. The van der Waals surface area contributed by atoms with Crippen LogP contribution in [0.4, 0.5) is 0 Å². The van der Waals surface area contributed by atoms with Gasteiger partial charge >= 0.3 is 0 Å². The Balaban J connectivity index is 2.63. The van der Waals surface area contributed by atoms with Gasteiger partial charge in [-0.25, -0.2) is 0 Å². The highest BCUT2D eigenvalue weighted by atomic mass is 35.5. The van der Waals surface area contributed by atoms with E-state index in [1.807, 2.05) is 0 Å². The fourth-order valence-corrected chi connectivity index (χ4v) is 3.10. The van der Waals surface area contributed by atoms with Crippen molar-refractivity contribution in [2.45, 2.75) is 20.3 Å².